The molecule has 1 radical (unpaired) electrons. The van der Waals surface area contributed by atoms with E-state index in [1.807, 2.05) is 12.1 Å². The second-order valence-electron chi connectivity index (χ2n) is 9.97. The van der Waals surface area contributed by atoms with Crippen LogP contribution in [0.5, 0.6) is 0 Å². The number of rotatable bonds is 9. The summed E-state index contributed by atoms with van der Waals surface area (Å²) in [5.41, 5.74) is 2.45. The molecule has 1 aliphatic carbocycles. The van der Waals surface area contributed by atoms with Crippen molar-refractivity contribution in [3.05, 3.63) is 46.8 Å². The number of anilines is 1. The Morgan fingerprint density at radius 1 is 0.957 bits per heavy atom. The van der Waals surface area contributed by atoms with Crippen LogP contribution < -0.4 is 26.6 Å². The Labute approximate surface area is 336 Å². The van der Waals surface area contributed by atoms with Gasteiger partial charge in [-0.25, -0.2) is 8.78 Å². The summed E-state index contributed by atoms with van der Waals surface area (Å²) in [6, 6.07) is 5.79. The maximum Gasteiger partial charge on any atom is 2.00 e. The molecule has 3 rings (SSSR count). The Bertz CT molecular complexity index is 1270. The topological polar surface area (TPSA) is 95.0 Å². The molecular weight excluding hydrogens is 841 g/mol. The first-order valence-electron chi connectivity index (χ1n) is 13.0. The van der Waals surface area contributed by atoms with Crippen LogP contribution in [0, 0.1) is 0 Å². The van der Waals surface area contributed by atoms with E-state index in [4.69, 9.17) is 0 Å². The smallest absolute Gasteiger partial charge is 0.412 e. The average Bonchev–Trinajstić information content (AvgIpc) is 3.42. The summed E-state index contributed by atoms with van der Waals surface area (Å²) >= 11 is 36.7. The number of carbonyl (C=O) groups is 1. The molecule has 1 aromatic heterocycles. The summed E-state index contributed by atoms with van der Waals surface area (Å²) in [7, 11) is 1.52. The van der Waals surface area contributed by atoms with Crippen LogP contribution in [-0.4, -0.2) is 59.1 Å². The van der Waals surface area contributed by atoms with Gasteiger partial charge < -0.3 is 126 Å². The zero-order valence-corrected chi connectivity index (χ0v) is 36.1. The molecule has 0 fully saturated rings. The zero-order valence-electron chi connectivity index (χ0n) is 25.4. The number of aromatic nitrogens is 2. The Balaban J connectivity index is 0. The average molecular weight is 874 g/mol. The summed E-state index contributed by atoms with van der Waals surface area (Å²) in [6.45, 7) is 9.14. The fraction of sp³-hybridized carbons (Fsp3) is 0.462. The molecule has 1 aliphatic rings. The number of hydrogen-bond donors (Lipinski definition) is 5. The summed E-state index contributed by atoms with van der Waals surface area (Å²) < 4.78 is 28.9. The van der Waals surface area contributed by atoms with Gasteiger partial charge in [0.1, 0.15) is 5.69 Å². The second-order valence-corrected chi connectivity index (χ2v) is 14.3. The predicted octanol–water partition coefficient (Wildman–Crippen LogP) is 4.05. The molecule has 1 unspecified atom stereocenters. The van der Waals surface area contributed by atoms with Crippen LogP contribution in [0.25, 0.3) is 0 Å². The van der Waals surface area contributed by atoms with Gasteiger partial charge in [-0.05, 0) is 34.9 Å². The fourth-order valence-corrected chi connectivity index (χ4v) is 5.28. The first-order chi connectivity index (χ1) is 20.5. The number of alkyl halides is 2. The van der Waals surface area contributed by atoms with Crippen molar-refractivity contribution in [2.45, 2.75) is 45.0 Å². The summed E-state index contributed by atoms with van der Waals surface area (Å²) in [5, 5.41) is 17.6. The normalized spacial score (nSPS) is 13.4. The van der Waals surface area contributed by atoms with Gasteiger partial charge in [0.15, 0.2) is 0 Å². The van der Waals surface area contributed by atoms with Gasteiger partial charge >= 0.3 is 36.5 Å². The van der Waals surface area contributed by atoms with E-state index in [2.05, 4.69) is 158 Å². The quantitative estimate of drug-likeness (QED) is 0.109. The van der Waals surface area contributed by atoms with Crippen molar-refractivity contribution < 1.29 is 50.1 Å². The van der Waals surface area contributed by atoms with E-state index < -0.39 is 18.0 Å². The van der Waals surface area contributed by atoms with Gasteiger partial charge in [0, 0.05) is 45.1 Å². The monoisotopic (exact) mass is 872 g/mol. The van der Waals surface area contributed by atoms with Crippen LogP contribution in [-0.2, 0) is 99.5 Å². The first-order valence-corrected chi connectivity index (χ1v) is 16.3. The maximum absolute atomic E-state index is 13.1. The van der Waals surface area contributed by atoms with Crippen LogP contribution in [0.2, 0.25) is 0 Å². The third kappa shape index (κ3) is 17.7. The minimum atomic E-state index is -2.79. The molecule has 0 saturated heterocycles. The van der Waals surface area contributed by atoms with Crippen LogP contribution in [0.3, 0.4) is 0 Å². The third-order valence-electron chi connectivity index (χ3n) is 6.03. The standard InChI is InChI=1S/C18H21F2N3O.2C4H8N2S4.Mn.Zn/c1-10-8-18(2,3)12-6-5-7-13(14(10)12)21-17(24)11-9-23(4)22-15(11)16(19)20;2*7-3(8)5-1-2-6-4(9)10;;/h5-7,9-10,16H,8H2,1-4H3,(H,21,24);2*1-2H2,(H2,5,7,8)(H2,6,9,10);;/q;;;2*+2/p-4. The van der Waals surface area contributed by atoms with Crippen LogP contribution in [0.15, 0.2) is 24.4 Å². The van der Waals surface area contributed by atoms with Gasteiger partial charge in [-0.1, -0.05) is 50.2 Å². The number of nitrogens with zero attached hydrogens (tertiary/aromatic N) is 2. The third-order valence-corrected chi connectivity index (χ3v) is 7.18. The van der Waals surface area contributed by atoms with Crippen LogP contribution in [0.1, 0.15) is 66.7 Å². The molecule has 46 heavy (non-hydrogen) atoms. The summed E-state index contributed by atoms with van der Waals surface area (Å²) in [6.07, 6.45) is -0.469. The molecule has 1 atom stereocenters. The van der Waals surface area contributed by atoms with Crippen molar-refractivity contribution in [1.82, 2.24) is 31.0 Å². The number of halogens is 2. The minimum Gasteiger partial charge on any atom is -0.412 e. The number of nitrogens with one attached hydrogen (secondary N) is 5. The van der Waals surface area contributed by atoms with Crippen LogP contribution >= 0.6 is 48.9 Å². The molecule has 0 aliphatic heterocycles. The Kier molecular flexibility index (Phi) is 24.4. The summed E-state index contributed by atoms with van der Waals surface area (Å²) in [5.74, 6) is -0.251. The number of hydrogen-bond acceptors (Lipinski definition) is 10. The van der Waals surface area contributed by atoms with E-state index in [0.717, 1.165) is 12.0 Å². The molecular formula is C26H33F2MnN7OS8Zn. The molecule has 1 heterocycles. The van der Waals surface area contributed by atoms with Gasteiger partial charge in [0.05, 0.1) is 5.56 Å². The number of aryl methyl sites for hydroxylation is 1. The summed E-state index contributed by atoms with van der Waals surface area (Å²) in [4.78, 5) is 12.5. The molecule has 0 bridgehead atoms. The van der Waals surface area contributed by atoms with Crippen molar-refractivity contribution in [2.24, 2.45) is 7.05 Å². The number of amides is 1. The Morgan fingerprint density at radius 2 is 1.39 bits per heavy atom. The van der Waals surface area contributed by atoms with E-state index in [-0.39, 0.29) is 47.5 Å². The van der Waals surface area contributed by atoms with E-state index in [1.54, 1.807) is 0 Å². The first kappa shape index (κ1) is 47.5. The molecule has 249 valence electrons. The fourth-order valence-electron chi connectivity index (χ4n) is 4.46. The molecule has 0 saturated carbocycles. The Hall–Kier alpha value is -0.657. The zero-order chi connectivity index (χ0) is 33.6. The predicted molar refractivity (Wildman–Crippen MR) is 200 cm³/mol. The minimum absolute atomic E-state index is 0. The van der Waals surface area contributed by atoms with E-state index in [9.17, 15) is 13.6 Å². The van der Waals surface area contributed by atoms with Gasteiger partial charge in [0.2, 0.25) is 0 Å². The molecule has 0 spiro atoms. The number of carbonyl (C=O) groups excluding carboxylic acids is 1. The van der Waals surface area contributed by atoms with Crippen molar-refractivity contribution in [2.75, 3.05) is 31.5 Å². The van der Waals surface area contributed by atoms with Gasteiger partial charge in [-0.15, -0.1) is 0 Å². The van der Waals surface area contributed by atoms with Gasteiger partial charge in [0.25, 0.3) is 12.3 Å². The molecule has 2 aromatic rings. The Morgan fingerprint density at radius 3 is 1.78 bits per heavy atom. The number of thiocarbonyl (C=S) groups is 4. The van der Waals surface area contributed by atoms with Crippen molar-refractivity contribution in [1.29, 1.82) is 0 Å². The van der Waals surface area contributed by atoms with E-state index in [0.29, 0.717) is 55.1 Å². The second kappa shape index (κ2) is 23.7. The largest absolute Gasteiger partial charge is 2.00 e. The van der Waals surface area contributed by atoms with E-state index in [1.165, 1.54) is 23.5 Å². The molecule has 1 amide bonds. The maximum atomic E-state index is 13.1. The number of benzene rings is 1. The van der Waals surface area contributed by atoms with Crippen molar-refractivity contribution >= 4 is 128 Å². The van der Waals surface area contributed by atoms with Gasteiger partial charge in [-0.2, -0.15) is 5.10 Å². The number of fused-ring (bicyclic) bond motifs is 1. The van der Waals surface area contributed by atoms with Crippen molar-refractivity contribution in [3.8, 4) is 0 Å². The van der Waals surface area contributed by atoms with Gasteiger partial charge in [-0.3, -0.25) is 9.48 Å². The molecule has 5 N–H and O–H groups in total. The molecule has 20 heteroatoms. The molecule has 8 nitrogen and oxygen atoms in total. The van der Waals surface area contributed by atoms with Crippen molar-refractivity contribution in [3.63, 3.8) is 0 Å². The van der Waals surface area contributed by atoms with Crippen LogP contribution in [0.4, 0.5) is 14.5 Å². The van der Waals surface area contributed by atoms with E-state index >= 15 is 0 Å². The SMILES string of the molecule is CC1CC(C)(C)c2cccc(NC(=O)c3cn(C)nc3C(F)F)c21.S=C([S-])NCCNC(=S)[S-].S=C([S-])NCCNC(=S)[S-].[Mn+2].[Zn+2]. The molecule has 1 aromatic carbocycles.